The summed E-state index contributed by atoms with van der Waals surface area (Å²) in [5.74, 6) is -0.557. The molecule has 3 rings (SSSR count). The van der Waals surface area contributed by atoms with E-state index in [0.29, 0.717) is 34.2 Å². The minimum Gasteiger partial charge on any atom is -0.507 e. The zero-order chi connectivity index (χ0) is 21.8. The number of unbranched alkanes of at least 4 members (excludes halogenated alkanes) is 1. The normalized spacial score (nSPS) is 18.0. The van der Waals surface area contributed by atoms with Crippen molar-refractivity contribution in [1.29, 1.82) is 0 Å². The van der Waals surface area contributed by atoms with E-state index in [-0.39, 0.29) is 11.3 Å². The van der Waals surface area contributed by atoms with Crippen LogP contribution in [0.3, 0.4) is 0 Å². The Bertz CT molecular complexity index is 984. The second kappa shape index (κ2) is 9.22. The third-order valence-electron chi connectivity index (χ3n) is 5.15. The molecule has 1 saturated heterocycles. The van der Waals surface area contributed by atoms with Gasteiger partial charge in [0, 0.05) is 28.8 Å². The number of Topliss-reactive ketones (excluding diaryl/α,β-unsaturated/α-hetero) is 1. The lowest BCUT2D eigenvalue weighted by molar-refractivity contribution is -0.139. The molecule has 2 aromatic carbocycles. The van der Waals surface area contributed by atoms with E-state index >= 15 is 0 Å². The third kappa shape index (κ3) is 4.00. The summed E-state index contributed by atoms with van der Waals surface area (Å²) in [5.41, 5.74) is 1.04. The Labute approximate surface area is 180 Å². The molecule has 1 atom stereocenters. The van der Waals surface area contributed by atoms with Crippen molar-refractivity contribution in [2.24, 2.45) is 0 Å². The molecular formula is C23H24ClNO5. The van der Waals surface area contributed by atoms with Gasteiger partial charge in [-0.15, -0.1) is 0 Å². The minimum atomic E-state index is -0.770. The monoisotopic (exact) mass is 429 g/mol. The predicted molar refractivity (Wildman–Crippen MR) is 115 cm³/mol. The number of carbonyl (C=O) groups is 2. The molecule has 1 fully saturated rings. The lowest BCUT2D eigenvalue weighted by Crippen LogP contribution is -2.30. The number of benzene rings is 2. The molecule has 1 N–H and O–H groups in total. The molecular weight excluding hydrogens is 406 g/mol. The van der Waals surface area contributed by atoms with Crippen LogP contribution >= 0.6 is 11.6 Å². The van der Waals surface area contributed by atoms with Crippen LogP contribution < -0.4 is 9.47 Å². The van der Waals surface area contributed by atoms with Crippen LogP contribution in [0.1, 0.15) is 36.9 Å². The summed E-state index contributed by atoms with van der Waals surface area (Å²) < 4.78 is 10.8. The van der Waals surface area contributed by atoms with Crippen molar-refractivity contribution in [3.63, 3.8) is 0 Å². The van der Waals surface area contributed by atoms with E-state index in [1.165, 1.54) is 12.0 Å². The van der Waals surface area contributed by atoms with Crippen molar-refractivity contribution in [1.82, 2.24) is 4.90 Å². The molecule has 7 heteroatoms. The zero-order valence-electron chi connectivity index (χ0n) is 17.1. The summed E-state index contributed by atoms with van der Waals surface area (Å²) in [7, 11) is 3.05. The topological polar surface area (TPSA) is 76.1 Å². The average Bonchev–Trinajstić information content (AvgIpc) is 3.01. The number of hydrogen-bond donors (Lipinski definition) is 1. The Morgan fingerprint density at radius 1 is 1.10 bits per heavy atom. The van der Waals surface area contributed by atoms with E-state index in [1.807, 2.05) is 6.92 Å². The number of hydrogen-bond acceptors (Lipinski definition) is 5. The number of ether oxygens (including phenoxy) is 2. The quantitative estimate of drug-likeness (QED) is 0.396. The fraction of sp³-hybridized carbons (Fsp3) is 0.304. The fourth-order valence-corrected chi connectivity index (χ4v) is 3.70. The van der Waals surface area contributed by atoms with Gasteiger partial charge in [-0.1, -0.05) is 24.9 Å². The maximum atomic E-state index is 13.0. The molecule has 1 aliphatic rings. The molecule has 0 bridgehead atoms. The van der Waals surface area contributed by atoms with Gasteiger partial charge in [-0.05, 0) is 42.8 Å². The SMILES string of the molecule is CCCCN1C(=O)C(=O)/C(=C(/O)c2ccc(Cl)cc2)C1c1ccc(OC)cc1OC. The van der Waals surface area contributed by atoms with Crippen molar-refractivity contribution >= 4 is 29.1 Å². The van der Waals surface area contributed by atoms with Gasteiger partial charge in [-0.2, -0.15) is 0 Å². The highest BCUT2D eigenvalue weighted by Crippen LogP contribution is 2.43. The third-order valence-corrected chi connectivity index (χ3v) is 5.40. The summed E-state index contributed by atoms with van der Waals surface area (Å²) in [6.07, 6.45) is 1.58. The molecule has 0 saturated carbocycles. The average molecular weight is 430 g/mol. The smallest absolute Gasteiger partial charge is 0.295 e. The fourth-order valence-electron chi connectivity index (χ4n) is 3.57. The van der Waals surface area contributed by atoms with Gasteiger partial charge in [0.05, 0.1) is 25.8 Å². The Kier molecular flexibility index (Phi) is 6.67. The second-order valence-electron chi connectivity index (χ2n) is 6.96. The van der Waals surface area contributed by atoms with Crippen LogP contribution in [0.25, 0.3) is 5.76 Å². The highest BCUT2D eigenvalue weighted by atomic mass is 35.5. The number of carbonyl (C=O) groups excluding carboxylic acids is 2. The standard InChI is InChI=1S/C23H24ClNO5/c1-4-5-12-25-20(17-11-10-16(29-2)13-18(17)30-3)19(22(27)23(25)28)21(26)14-6-8-15(24)9-7-14/h6-11,13,20,26H,4-5,12H2,1-3H3/b21-19+. The van der Waals surface area contributed by atoms with Gasteiger partial charge in [-0.25, -0.2) is 0 Å². The number of aliphatic hydroxyl groups is 1. The van der Waals surface area contributed by atoms with E-state index in [2.05, 4.69) is 0 Å². The van der Waals surface area contributed by atoms with Crippen LogP contribution in [-0.4, -0.2) is 42.5 Å². The number of likely N-dealkylation sites (tertiary alicyclic amines) is 1. The lowest BCUT2D eigenvalue weighted by atomic mass is 9.94. The Morgan fingerprint density at radius 2 is 1.80 bits per heavy atom. The van der Waals surface area contributed by atoms with E-state index in [0.717, 1.165) is 12.8 Å². The molecule has 0 aliphatic carbocycles. The summed E-state index contributed by atoms with van der Waals surface area (Å²) in [6, 6.07) is 10.9. The van der Waals surface area contributed by atoms with Crippen LogP contribution in [0, 0.1) is 0 Å². The first-order valence-corrected chi connectivity index (χ1v) is 10.1. The molecule has 158 valence electrons. The van der Waals surface area contributed by atoms with Crippen molar-refractivity contribution in [2.45, 2.75) is 25.8 Å². The highest BCUT2D eigenvalue weighted by Gasteiger charge is 2.46. The summed E-state index contributed by atoms with van der Waals surface area (Å²) in [5, 5.41) is 11.5. The summed E-state index contributed by atoms with van der Waals surface area (Å²) in [4.78, 5) is 27.3. The number of halogens is 1. The first kappa shape index (κ1) is 21.7. The zero-order valence-corrected chi connectivity index (χ0v) is 17.9. The number of rotatable bonds is 7. The Morgan fingerprint density at radius 3 is 2.40 bits per heavy atom. The van der Waals surface area contributed by atoms with E-state index in [9.17, 15) is 14.7 Å². The van der Waals surface area contributed by atoms with Crippen molar-refractivity contribution in [3.05, 3.63) is 64.2 Å². The Balaban J connectivity index is 2.21. The van der Waals surface area contributed by atoms with Gasteiger partial charge < -0.3 is 19.5 Å². The van der Waals surface area contributed by atoms with Crippen molar-refractivity contribution in [3.8, 4) is 11.5 Å². The van der Waals surface area contributed by atoms with Crippen LogP contribution in [0.2, 0.25) is 5.02 Å². The molecule has 6 nitrogen and oxygen atoms in total. The van der Waals surface area contributed by atoms with Gasteiger partial charge in [0.25, 0.3) is 11.7 Å². The number of aliphatic hydroxyl groups excluding tert-OH is 1. The van der Waals surface area contributed by atoms with Crippen molar-refractivity contribution in [2.75, 3.05) is 20.8 Å². The molecule has 0 aromatic heterocycles. The number of methoxy groups -OCH3 is 2. The number of nitrogens with zero attached hydrogens (tertiary/aromatic N) is 1. The van der Waals surface area contributed by atoms with Crippen molar-refractivity contribution < 1.29 is 24.2 Å². The van der Waals surface area contributed by atoms with E-state index in [4.69, 9.17) is 21.1 Å². The van der Waals surface area contributed by atoms with Crippen LogP contribution in [-0.2, 0) is 9.59 Å². The number of ketones is 1. The minimum absolute atomic E-state index is 0.0295. The molecule has 30 heavy (non-hydrogen) atoms. The van der Waals surface area contributed by atoms with Gasteiger partial charge in [-0.3, -0.25) is 9.59 Å². The first-order valence-electron chi connectivity index (χ1n) is 9.69. The largest absolute Gasteiger partial charge is 0.507 e. The molecule has 1 heterocycles. The van der Waals surface area contributed by atoms with E-state index < -0.39 is 17.7 Å². The van der Waals surface area contributed by atoms with Gasteiger partial charge in [0.1, 0.15) is 17.3 Å². The van der Waals surface area contributed by atoms with Gasteiger partial charge in [0.15, 0.2) is 0 Å². The van der Waals surface area contributed by atoms with Gasteiger partial charge >= 0.3 is 0 Å². The van der Waals surface area contributed by atoms with E-state index in [1.54, 1.807) is 49.6 Å². The predicted octanol–water partition coefficient (Wildman–Crippen LogP) is 4.58. The second-order valence-corrected chi connectivity index (χ2v) is 7.40. The summed E-state index contributed by atoms with van der Waals surface area (Å²) >= 11 is 5.95. The number of amides is 1. The van der Waals surface area contributed by atoms with Crippen LogP contribution in [0.4, 0.5) is 0 Å². The molecule has 0 radical (unpaired) electrons. The highest BCUT2D eigenvalue weighted by molar-refractivity contribution is 6.46. The maximum Gasteiger partial charge on any atom is 0.295 e. The van der Waals surface area contributed by atoms with Gasteiger partial charge in [0.2, 0.25) is 0 Å². The maximum absolute atomic E-state index is 13.0. The lowest BCUT2D eigenvalue weighted by Gasteiger charge is -2.26. The first-order chi connectivity index (χ1) is 14.4. The summed E-state index contributed by atoms with van der Waals surface area (Å²) in [6.45, 7) is 2.39. The molecule has 2 aromatic rings. The molecule has 1 amide bonds. The van der Waals surface area contributed by atoms with Crippen LogP contribution in [0.5, 0.6) is 11.5 Å². The van der Waals surface area contributed by atoms with Crippen LogP contribution in [0.15, 0.2) is 48.0 Å². The molecule has 1 aliphatic heterocycles. The molecule has 0 spiro atoms. The Hall–Kier alpha value is -2.99. The molecule has 1 unspecified atom stereocenters.